The lowest BCUT2D eigenvalue weighted by atomic mass is 10.1. The number of carbonyl (C=O) groups is 1. The molecular formula is C20H19ClFN3O3. The molecule has 28 heavy (non-hydrogen) atoms. The Morgan fingerprint density at radius 3 is 2.71 bits per heavy atom. The predicted molar refractivity (Wildman–Crippen MR) is 103 cm³/mol. The van der Waals surface area contributed by atoms with Crippen LogP contribution in [0.1, 0.15) is 30.8 Å². The van der Waals surface area contributed by atoms with E-state index >= 15 is 0 Å². The number of aromatic nitrogens is 2. The number of methoxy groups -OCH3 is 1. The van der Waals surface area contributed by atoms with E-state index in [-0.39, 0.29) is 24.1 Å². The highest BCUT2D eigenvalue weighted by atomic mass is 35.5. The lowest BCUT2D eigenvalue weighted by Gasteiger charge is -2.15. The molecular weight excluding hydrogens is 385 g/mol. The second kappa shape index (κ2) is 8.84. The second-order valence-electron chi connectivity index (χ2n) is 6.20. The minimum absolute atomic E-state index is 0.162. The highest BCUT2D eigenvalue weighted by Gasteiger charge is 2.14. The van der Waals surface area contributed by atoms with Crippen molar-refractivity contribution >= 4 is 17.5 Å². The molecule has 0 aliphatic carbocycles. The Hall–Kier alpha value is -2.93. The summed E-state index contributed by atoms with van der Waals surface area (Å²) in [7, 11) is 1.40. The molecule has 1 amide bonds. The van der Waals surface area contributed by atoms with Crippen LogP contribution in [0.5, 0.6) is 5.75 Å². The van der Waals surface area contributed by atoms with E-state index in [1.54, 1.807) is 37.3 Å². The number of amides is 1. The van der Waals surface area contributed by atoms with Crippen molar-refractivity contribution in [2.75, 3.05) is 7.11 Å². The van der Waals surface area contributed by atoms with Gasteiger partial charge >= 0.3 is 0 Å². The van der Waals surface area contributed by atoms with E-state index in [4.69, 9.17) is 20.9 Å². The summed E-state index contributed by atoms with van der Waals surface area (Å²) in [6.45, 7) is 1.78. The van der Waals surface area contributed by atoms with Crippen molar-refractivity contribution < 1.29 is 18.4 Å². The molecule has 8 heteroatoms. The highest BCUT2D eigenvalue weighted by Crippen LogP contribution is 2.22. The molecule has 6 nitrogen and oxygen atoms in total. The molecule has 1 aromatic heterocycles. The number of ether oxygens (including phenoxy) is 1. The van der Waals surface area contributed by atoms with Crippen molar-refractivity contribution in [3.05, 3.63) is 64.8 Å². The van der Waals surface area contributed by atoms with Crippen LogP contribution in [-0.2, 0) is 11.2 Å². The standard InChI is InChI=1S/C20H19ClFN3O3/c1-12(14-5-8-17(27-2)16(22)11-14)23-18(26)9-10-19-24-20(25-28-19)13-3-6-15(21)7-4-13/h3-8,11-12H,9-10H2,1-2H3,(H,23,26)/t12-/m1/s1. The number of carbonyl (C=O) groups excluding carboxylic acids is 1. The third kappa shape index (κ3) is 4.86. The molecule has 0 aliphatic rings. The number of halogens is 2. The second-order valence-corrected chi connectivity index (χ2v) is 6.64. The maximum atomic E-state index is 13.8. The Morgan fingerprint density at radius 2 is 2.04 bits per heavy atom. The number of benzene rings is 2. The van der Waals surface area contributed by atoms with Crippen molar-refractivity contribution in [3.8, 4) is 17.1 Å². The van der Waals surface area contributed by atoms with Crippen LogP contribution < -0.4 is 10.1 Å². The predicted octanol–water partition coefficient (Wildman–Crippen LogP) is 4.35. The molecule has 3 aromatic rings. The summed E-state index contributed by atoms with van der Waals surface area (Å²) in [5.41, 5.74) is 1.42. The first-order valence-electron chi connectivity index (χ1n) is 8.67. The summed E-state index contributed by atoms with van der Waals surface area (Å²) < 4.78 is 23.9. The maximum Gasteiger partial charge on any atom is 0.227 e. The fourth-order valence-electron chi connectivity index (χ4n) is 2.64. The molecule has 0 radical (unpaired) electrons. The molecule has 0 bridgehead atoms. The van der Waals surface area contributed by atoms with Gasteiger partial charge in [0.2, 0.25) is 17.6 Å². The average Bonchev–Trinajstić information content (AvgIpc) is 3.16. The van der Waals surface area contributed by atoms with Gasteiger partial charge in [0.05, 0.1) is 13.2 Å². The van der Waals surface area contributed by atoms with E-state index in [9.17, 15) is 9.18 Å². The van der Waals surface area contributed by atoms with Gasteiger partial charge in [-0.3, -0.25) is 4.79 Å². The average molecular weight is 404 g/mol. The largest absolute Gasteiger partial charge is 0.494 e. The minimum atomic E-state index is -0.471. The Bertz CT molecular complexity index is 960. The molecule has 0 aliphatic heterocycles. The van der Waals surface area contributed by atoms with Crippen molar-refractivity contribution in [1.82, 2.24) is 15.5 Å². The van der Waals surface area contributed by atoms with Gasteiger partial charge in [-0.05, 0) is 48.9 Å². The molecule has 0 spiro atoms. The molecule has 1 heterocycles. The van der Waals surface area contributed by atoms with Crippen molar-refractivity contribution in [1.29, 1.82) is 0 Å². The molecule has 1 N–H and O–H groups in total. The molecule has 0 saturated carbocycles. The van der Waals surface area contributed by atoms with Crippen LogP contribution in [0.2, 0.25) is 5.02 Å². The van der Waals surface area contributed by atoms with Crippen molar-refractivity contribution in [3.63, 3.8) is 0 Å². The Balaban J connectivity index is 1.54. The third-order valence-corrected chi connectivity index (χ3v) is 4.44. The highest BCUT2D eigenvalue weighted by molar-refractivity contribution is 6.30. The first-order valence-corrected chi connectivity index (χ1v) is 9.05. The van der Waals surface area contributed by atoms with Gasteiger partial charge in [-0.15, -0.1) is 0 Å². The van der Waals surface area contributed by atoms with Crippen LogP contribution >= 0.6 is 11.6 Å². The van der Waals surface area contributed by atoms with Gasteiger partial charge < -0.3 is 14.6 Å². The molecule has 3 rings (SSSR count). The van der Waals surface area contributed by atoms with Crippen LogP contribution in [0.15, 0.2) is 47.0 Å². The third-order valence-electron chi connectivity index (χ3n) is 4.19. The summed E-state index contributed by atoms with van der Waals surface area (Å²) >= 11 is 5.86. The number of nitrogens with zero attached hydrogens (tertiary/aromatic N) is 2. The van der Waals surface area contributed by atoms with E-state index in [1.165, 1.54) is 19.2 Å². The quantitative estimate of drug-likeness (QED) is 0.634. The van der Waals surface area contributed by atoms with E-state index < -0.39 is 5.82 Å². The van der Waals surface area contributed by atoms with Crippen molar-refractivity contribution in [2.24, 2.45) is 0 Å². The Morgan fingerprint density at radius 1 is 1.29 bits per heavy atom. The normalized spacial score (nSPS) is 11.9. The van der Waals surface area contributed by atoms with E-state index in [1.807, 2.05) is 0 Å². The van der Waals surface area contributed by atoms with Crippen LogP contribution in [0.3, 0.4) is 0 Å². The lowest BCUT2D eigenvalue weighted by Crippen LogP contribution is -2.26. The number of hydrogen-bond acceptors (Lipinski definition) is 5. The van der Waals surface area contributed by atoms with Gasteiger partial charge in [-0.1, -0.05) is 22.8 Å². The Labute approximate surface area is 166 Å². The molecule has 1 atom stereocenters. The molecule has 0 fully saturated rings. The summed E-state index contributed by atoms with van der Waals surface area (Å²) in [5, 5.41) is 7.36. The first kappa shape index (κ1) is 19.8. The molecule has 146 valence electrons. The number of aryl methyl sites for hydroxylation is 1. The van der Waals surface area contributed by atoms with Gasteiger partial charge in [-0.2, -0.15) is 4.98 Å². The van der Waals surface area contributed by atoms with Crippen LogP contribution in [-0.4, -0.2) is 23.2 Å². The van der Waals surface area contributed by atoms with Gasteiger partial charge in [0.15, 0.2) is 11.6 Å². The Kier molecular flexibility index (Phi) is 6.26. The fourth-order valence-corrected chi connectivity index (χ4v) is 2.77. The topological polar surface area (TPSA) is 77.2 Å². The van der Waals surface area contributed by atoms with Crippen LogP contribution in [0, 0.1) is 5.82 Å². The molecule has 0 unspecified atom stereocenters. The fraction of sp³-hybridized carbons (Fsp3) is 0.250. The van der Waals surface area contributed by atoms with Gasteiger partial charge in [0.25, 0.3) is 0 Å². The zero-order valence-corrected chi connectivity index (χ0v) is 16.2. The minimum Gasteiger partial charge on any atom is -0.494 e. The number of nitrogens with one attached hydrogen (secondary N) is 1. The van der Waals surface area contributed by atoms with Crippen LogP contribution in [0.25, 0.3) is 11.4 Å². The first-order chi connectivity index (χ1) is 13.5. The molecule has 0 saturated heterocycles. The lowest BCUT2D eigenvalue weighted by molar-refractivity contribution is -0.121. The molecule has 2 aromatic carbocycles. The summed E-state index contributed by atoms with van der Waals surface area (Å²) in [4.78, 5) is 16.5. The van der Waals surface area contributed by atoms with Gasteiger partial charge in [0.1, 0.15) is 0 Å². The summed E-state index contributed by atoms with van der Waals surface area (Å²) in [6, 6.07) is 11.3. The monoisotopic (exact) mass is 403 g/mol. The van der Waals surface area contributed by atoms with Gasteiger partial charge in [-0.25, -0.2) is 4.39 Å². The number of rotatable bonds is 7. The zero-order chi connectivity index (χ0) is 20.1. The SMILES string of the molecule is COc1ccc([C@@H](C)NC(=O)CCc2nc(-c3ccc(Cl)cc3)no2)cc1F. The zero-order valence-electron chi connectivity index (χ0n) is 15.4. The summed E-state index contributed by atoms with van der Waals surface area (Å²) in [5.74, 6) is 0.296. The van der Waals surface area contributed by atoms with Crippen molar-refractivity contribution in [2.45, 2.75) is 25.8 Å². The van der Waals surface area contributed by atoms with E-state index in [0.717, 1.165) is 5.56 Å². The smallest absolute Gasteiger partial charge is 0.227 e. The van der Waals surface area contributed by atoms with Crippen LogP contribution in [0.4, 0.5) is 4.39 Å². The maximum absolute atomic E-state index is 13.8. The van der Waals surface area contributed by atoms with E-state index in [0.29, 0.717) is 28.7 Å². The van der Waals surface area contributed by atoms with Gasteiger partial charge in [0, 0.05) is 23.4 Å². The van der Waals surface area contributed by atoms with E-state index in [2.05, 4.69) is 15.5 Å². The number of hydrogen-bond donors (Lipinski definition) is 1. The summed E-state index contributed by atoms with van der Waals surface area (Å²) in [6.07, 6.45) is 0.474.